The molecular formula is C14H19Cl2N5O2. The number of nitrogens with one attached hydrogen (secondary N) is 1. The third-order valence-electron chi connectivity index (χ3n) is 4.19. The zero-order chi connectivity index (χ0) is 16.8. The van der Waals surface area contributed by atoms with Crippen LogP contribution in [0.2, 0.25) is 10.4 Å². The Kier molecular flexibility index (Phi) is 4.14. The number of hydrogen-bond donors (Lipinski definition) is 1. The van der Waals surface area contributed by atoms with Crippen molar-refractivity contribution < 1.29 is 9.53 Å². The van der Waals surface area contributed by atoms with E-state index >= 15 is 0 Å². The fourth-order valence-electron chi connectivity index (χ4n) is 3.27. The molecule has 126 valence electrons. The van der Waals surface area contributed by atoms with Crippen LogP contribution in [0.5, 0.6) is 0 Å². The molecule has 2 unspecified atom stereocenters. The summed E-state index contributed by atoms with van der Waals surface area (Å²) in [6, 6.07) is -0.312. The van der Waals surface area contributed by atoms with Gasteiger partial charge in [0, 0.05) is 18.5 Å². The summed E-state index contributed by atoms with van der Waals surface area (Å²) >= 11 is 12.1. The summed E-state index contributed by atoms with van der Waals surface area (Å²) in [5.41, 5.74) is -0.198. The molecule has 23 heavy (non-hydrogen) atoms. The van der Waals surface area contributed by atoms with E-state index < -0.39 is 5.60 Å². The molecule has 0 saturated carbocycles. The molecular weight excluding hydrogens is 341 g/mol. The van der Waals surface area contributed by atoms with Crippen LogP contribution in [-0.2, 0) is 4.74 Å². The van der Waals surface area contributed by atoms with Gasteiger partial charge in [-0.1, -0.05) is 11.6 Å². The van der Waals surface area contributed by atoms with Crippen LogP contribution in [0.4, 0.5) is 4.79 Å². The Bertz CT molecular complexity index is 628. The van der Waals surface area contributed by atoms with Crippen molar-refractivity contribution in [2.75, 3.05) is 19.6 Å². The highest BCUT2D eigenvalue weighted by Crippen LogP contribution is 2.53. The van der Waals surface area contributed by atoms with E-state index in [0.29, 0.717) is 12.2 Å². The van der Waals surface area contributed by atoms with Crippen LogP contribution in [0.15, 0.2) is 0 Å². The second-order valence-electron chi connectivity index (χ2n) is 7.06. The van der Waals surface area contributed by atoms with Gasteiger partial charge in [-0.15, -0.1) is 10.2 Å². The van der Waals surface area contributed by atoms with Gasteiger partial charge in [0.25, 0.3) is 0 Å². The minimum Gasteiger partial charge on any atom is -0.444 e. The fraction of sp³-hybridized carbons (Fsp3) is 0.714. The monoisotopic (exact) mass is 359 g/mol. The topological polar surface area (TPSA) is 80.2 Å². The lowest BCUT2D eigenvalue weighted by atomic mass is 9.69. The quantitative estimate of drug-likeness (QED) is 0.829. The number of rotatable bonds is 1. The summed E-state index contributed by atoms with van der Waals surface area (Å²) in [6.07, 6.45) is 0.542. The SMILES string of the molecule is CC(C)(C)OC(=O)N1CC2(CCNC2)C1c1nc(Cl)nnc1Cl. The molecule has 1 spiro atoms. The lowest BCUT2D eigenvalue weighted by molar-refractivity contribution is -0.0755. The maximum absolute atomic E-state index is 12.5. The second kappa shape index (κ2) is 5.72. The molecule has 9 heteroatoms. The summed E-state index contributed by atoms with van der Waals surface area (Å²) in [4.78, 5) is 18.4. The molecule has 3 heterocycles. The highest BCUT2D eigenvalue weighted by molar-refractivity contribution is 6.30. The zero-order valence-electron chi connectivity index (χ0n) is 13.3. The van der Waals surface area contributed by atoms with E-state index in [0.717, 1.165) is 19.5 Å². The number of hydrogen-bond acceptors (Lipinski definition) is 6. The number of ether oxygens (including phenoxy) is 1. The average molecular weight is 360 g/mol. The van der Waals surface area contributed by atoms with Gasteiger partial charge in [0.1, 0.15) is 11.3 Å². The first kappa shape index (κ1) is 16.7. The first-order valence-corrected chi connectivity index (χ1v) is 8.23. The average Bonchev–Trinajstić information content (AvgIpc) is 2.90. The Morgan fingerprint density at radius 2 is 2.13 bits per heavy atom. The molecule has 1 aromatic heterocycles. The van der Waals surface area contributed by atoms with Gasteiger partial charge < -0.3 is 10.1 Å². The van der Waals surface area contributed by atoms with E-state index in [9.17, 15) is 4.79 Å². The highest BCUT2D eigenvalue weighted by Gasteiger charge is 2.58. The van der Waals surface area contributed by atoms with E-state index in [1.54, 1.807) is 4.90 Å². The van der Waals surface area contributed by atoms with Crippen molar-refractivity contribution in [1.82, 2.24) is 25.4 Å². The molecule has 0 bridgehead atoms. The Labute approximate surface area is 144 Å². The Balaban J connectivity index is 1.93. The van der Waals surface area contributed by atoms with Gasteiger partial charge in [-0.3, -0.25) is 4.90 Å². The molecule has 2 fully saturated rings. The van der Waals surface area contributed by atoms with Crippen LogP contribution in [0.3, 0.4) is 0 Å². The van der Waals surface area contributed by atoms with Crippen molar-refractivity contribution in [3.05, 3.63) is 16.1 Å². The minimum atomic E-state index is -0.566. The molecule has 2 aliphatic heterocycles. The molecule has 0 aromatic carbocycles. The van der Waals surface area contributed by atoms with Crippen molar-refractivity contribution in [3.8, 4) is 0 Å². The predicted molar refractivity (Wildman–Crippen MR) is 85.4 cm³/mol. The van der Waals surface area contributed by atoms with Gasteiger partial charge in [0.05, 0.1) is 6.04 Å². The summed E-state index contributed by atoms with van der Waals surface area (Å²) in [6.45, 7) is 7.78. The van der Waals surface area contributed by atoms with Crippen molar-refractivity contribution in [1.29, 1.82) is 0 Å². The highest BCUT2D eigenvalue weighted by atomic mass is 35.5. The van der Waals surface area contributed by atoms with E-state index in [1.807, 2.05) is 20.8 Å². The molecule has 2 aliphatic rings. The van der Waals surface area contributed by atoms with Crippen molar-refractivity contribution in [2.24, 2.45) is 5.41 Å². The number of likely N-dealkylation sites (tertiary alicyclic amines) is 1. The van der Waals surface area contributed by atoms with Gasteiger partial charge in [-0.25, -0.2) is 9.78 Å². The van der Waals surface area contributed by atoms with Gasteiger partial charge in [-0.2, -0.15) is 0 Å². The summed E-state index contributed by atoms with van der Waals surface area (Å²) in [5, 5.41) is 11.0. The number of aromatic nitrogens is 3. The largest absolute Gasteiger partial charge is 0.444 e. The zero-order valence-corrected chi connectivity index (χ0v) is 14.8. The van der Waals surface area contributed by atoms with Crippen molar-refractivity contribution in [2.45, 2.75) is 38.8 Å². The fourth-order valence-corrected chi connectivity index (χ4v) is 3.59. The van der Waals surface area contributed by atoms with Crippen LogP contribution >= 0.6 is 23.2 Å². The molecule has 7 nitrogen and oxygen atoms in total. The van der Waals surface area contributed by atoms with Crippen LogP contribution < -0.4 is 5.32 Å². The standard InChI is InChI=1S/C14H19Cl2N5O2/c1-13(2,3)23-12(22)21-7-14(4-5-17-6-14)9(21)8-10(15)19-20-11(16)18-8/h9,17H,4-7H2,1-3H3. The predicted octanol–water partition coefficient (Wildman–Crippen LogP) is 2.45. The van der Waals surface area contributed by atoms with E-state index in [-0.39, 0.29) is 28.0 Å². The summed E-state index contributed by atoms with van der Waals surface area (Å²) in [5.74, 6) is 0. The molecule has 0 radical (unpaired) electrons. The number of carbonyl (C=O) groups excluding carboxylic acids is 1. The van der Waals surface area contributed by atoms with E-state index in [4.69, 9.17) is 27.9 Å². The number of halogens is 2. The molecule has 0 aliphatic carbocycles. The lowest BCUT2D eigenvalue weighted by Crippen LogP contribution is -2.62. The molecule has 1 N–H and O–H groups in total. The maximum atomic E-state index is 12.5. The normalized spacial score (nSPS) is 27.2. The van der Waals surface area contributed by atoms with Crippen LogP contribution in [0.25, 0.3) is 0 Å². The number of nitrogens with zero attached hydrogens (tertiary/aromatic N) is 4. The van der Waals surface area contributed by atoms with Gasteiger partial charge in [0.2, 0.25) is 5.28 Å². The Morgan fingerprint density at radius 1 is 1.39 bits per heavy atom. The smallest absolute Gasteiger partial charge is 0.410 e. The van der Waals surface area contributed by atoms with Crippen LogP contribution in [-0.4, -0.2) is 51.4 Å². The third-order valence-corrected chi connectivity index (χ3v) is 4.61. The van der Waals surface area contributed by atoms with Crippen molar-refractivity contribution >= 4 is 29.3 Å². The lowest BCUT2D eigenvalue weighted by Gasteiger charge is -2.54. The summed E-state index contributed by atoms with van der Waals surface area (Å²) < 4.78 is 5.49. The second-order valence-corrected chi connectivity index (χ2v) is 7.75. The minimum absolute atomic E-state index is 0.0153. The van der Waals surface area contributed by atoms with Crippen LogP contribution in [0, 0.1) is 5.41 Å². The first-order valence-electron chi connectivity index (χ1n) is 7.48. The summed E-state index contributed by atoms with van der Waals surface area (Å²) in [7, 11) is 0. The molecule has 1 amide bonds. The van der Waals surface area contributed by atoms with Gasteiger partial charge in [-0.05, 0) is 45.3 Å². The van der Waals surface area contributed by atoms with E-state index in [1.165, 1.54) is 0 Å². The van der Waals surface area contributed by atoms with E-state index in [2.05, 4.69) is 20.5 Å². The number of amides is 1. The van der Waals surface area contributed by atoms with Crippen LogP contribution in [0.1, 0.15) is 38.9 Å². The molecule has 3 rings (SSSR count). The third kappa shape index (κ3) is 3.09. The van der Waals surface area contributed by atoms with Gasteiger partial charge in [0.15, 0.2) is 5.15 Å². The Morgan fingerprint density at radius 3 is 2.74 bits per heavy atom. The molecule has 2 atom stereocenters. The number of carbonyl (C=O) groups is 1. The molecule has 1 aromatic rings. The van der Waals surface area contributed by atoms with Gasteiger partial charge >= 0.3 is 6.09 Å². The van der Waals surface area contributed by atoms with Crippen molar-refractivity contribution in [3.63, 3.8) is 0 Å². The first-order chi connectivity index (χ1) is 10.7. The molecule has 2 saturated heterocycles. The Hall–Kier alpha value is -1.18. The maximum Gasteiger partial charge on any atom is 0.410 e.